The maximum Gasteiger partial charge on any atom is 0.279 e. The number of anilines is 1. The number of fused-ring (bicyclic) bond motifs is 2. The fourth-order valence-corrected chi connectivity index (χ4v) is 6.90. The first kappa shape index (κ1) is 18.3. The lowest BCUT2D eigenvalue weighted by Crippen LogP contribution is -2.35. The third kappa shape index (κ3) is 3.12. The van der Waals surface area contributed by atoms with Crippen molar-refractivity contribution in [1.29, 1.82) is 5.26 Å². The predicted molar refractivity (Wildman–Crippen MR) is 118 cm³/mol. The summed E-state index contributed by atoms with van der Waals surface area (Å²) < 4.78 is 28.4. The molecule has 1 aliphatic rings. The van der Waals surface area contributed by atoms with Crippen LogP contribution in [0.25, 0.3) is 21.3 Å². The van der Waals surface area contributed by atoms with E-state index in [1.165, 1.54) is 15.6 Å². The summed E-state index contributed by atoms with van der Waals surface area (Å²) in [6.07, 6.45) is 0. The molecule has 0 saturated heterocycles. The fraction of sp³-hybridized carbons (Fsp3) is 0.0952. The third-order valence-corrected chi connectivity index (χ3v) is 8.67. The molecule has 29 heavy (non-hydrogen) atoms. The molecule has 5 nitrogen and oxygen atoms in total. The summed E-state index contributed by atoms with van der Waals surface area (Å²) in [6.45, 7) is 0.409. The van der Waals surface area contributed by atoms with Crippen molar-refractivity contribution in [3.63, 3.8) is 0 Å². The lowest BCUT2D eigenvalue weighted by atomic mass is 10.1. The van der Waals surface area contributed by atoms with Crippen LogP contribution in [0.4, 0.5) is 5.69 Å². The average Bonchev–Trinajstić information content (AvgIpc) is 3.40. The third-order valence-electron chi connectivity index (χ3n) is 4.85. The van der Waals surface area contributed by atoms with Crippen molar-refractivity contribution in [3.05, 3.63) is 65.5 Å². The van der Waals surface area contributed by atoms with Crippen LogP contribution in [0.2, 0.25) is 0 Å². The van der Waals surface area contributed by atoms with Crippen molar-refractivity contribution in [2.24, 2.45) is 0 Å². The Balaban J connectivity index is 1.60. The Hall–Kier alpha value is -2.73. The van der Waals surface area contributed by atoms with Crippen molar-refractivity contribution in [2.45, 2.75) is 9.92 Å². The van der Waals surface area contributed by atoms with E-state index >= 15 is 0 Å². The van der Waals surface area contributed by atoms with E-state index in [9.17, 15) is 8.42 Å². The van der Waals surface area contributed by atoms with Crippen molar-refractivity contribution in [3.8, 4) is 16.5 Å². The van der Waals surface area contributed by atoms with Gasteiger partial charge in [0.25, 0.3) is 10.0 Å². The number of aromatic nitrogens is 1. The van der Waals surface area contributed by atoms with Crippen LogP contribution in [-0.2, 0) is 10.0 Å². The molecule has 0 atom stereocenters. The number of rotatable bonds is 3. The SMILES string of the molecule is N#Cc1ccc(-c2ccc3c(c2)N(S(=O)(=O)c2cc4ccccc4[nH]2)CCS3)s1. The van der Waals surface area contributed by atoms with Crippen LogP contribution in [0, 0.1) is 11.3 Å². The monoisotopic (exact) mass is 437 g/mol. The van der Waals surface area contributed by atoms with Gasteiger partial charge in [0.1, 0.15) is 10.9 Å². The number of thioether (sulfide) groups is 1. The van der Waals surface area contributed by atoms with Gasteiger partial charge in [0.05, 0.1) is 5.69 Å². The Morgan fingerprint density at radius 1 is 1.07 bits per heavy atom. The molecule has 1 N–H and O–H groups in total. The Kier molecular flexibility index (Phi) is 4.39. The van der Waals surface area contributed by atoms with E-state index in [0.29, 0.717) is 22.9 Å². The number of benzene rings is 2. The largest absolute Gasteiger partial charge is 0.344 e. The van der Waals surface area contributed by atoms with Gasteiger partial charge in [-0.1, -0.05) is 24.3 Å². The Morgan fingerprint density at radius 3 is 2.72 bits per heavy atom. The minimum atomic E-state index is -3.72. The first-order valence-electron chi connectivity index (χ1n) is 8.94. The molecule has 0 spiro atoms. The Bertz CT molecular complexity index is 1350. The van der Waals surface area contributed by atoms with Crippen LogP contribution < -0.4 is 4.31 Å². The molecule has 0 aliphatic carbocycles. The van der Waals surface area contributed by atoms with Gasteiger partial charge in [-0.05, 0) is 42.0 Å². The number of hydrogen-bond donors (Lipinski definition) is 1. The maximum absolute atomic E-state index is 13.5. The highest BCUT2D eigenvalue weighted by molar-refractivity contribution is 8.00. The zero-order valence-corrected chi connectivity index (χ0v) is 17.6. The number of thiophene rings is 1. The van der Waals surface area contributed by atoms with Gasteiger partial charge in [0.15, 0.2) is 5.03 Å². The van der Waals surface area contributed by atoms with Crippen LogP contribution in [0.5, 0.6) is 0 Å². The second-order valence-corrected chi connectivity index (χ2v) is 10.7. The molecule has 2 aromatic heterocycles. The summed E-state index contributed by atoms with van der Waals surface area (Å²) in [4.78, 5) is 5.57. The number of sulfonamides is 1. The van der Waals surface area contributed by atoms with Gasteiger partial charge in [-0.25, -0.2) is 0 Å². The van der Waals surface area contributed by atoms with Gasteiger partial charge in [-0.3, -0.25) is 4.31 Å². The van der Waals surface area contributed by atoms with E-state index in [1.807, 2.05) is 48.5 Å². The van der Waals surface area contributed by atoms with Gasteiger partial charge in [0.2, 0.25) is 0 Å². The molecule has 5 rings (SSSR count). The van der Waals surface area contributed by atoms with Gasteiger partial charge in [-0.15, -0.1) is 23.1 Å². The topological polar surface area (TPSA) is 77.0 Å². The molecule has 144 valence electrons. The smallest absolute Gasteiger partial charge is 0.279 e. The van der Waals surface area contributed by atoms with Crippen molar-refractivity contribution < 1.29 is 8.42 Å². The highest BCUT2D eigenvalue weighted by atomic mass is 32.2. The van der Waals surface area contributed by atoms with Gasteiger partial charge >= 0.3 is 0 Å². The number of nitrogens with one attached hydrogen (secondary N) is 1. The molecule has 2 aromatic carbocycles. The van der Waals surface area contributed by atoms with Crippen LogP contribution in [0.15, 0.2) is 70.6 Å². The highest BCUT2D eigenvalue weighted by Crippen LogP contribution is 2.41. The minimum Gasteiger partial charge on any atom is -0.344 e. The lowest BCUT2D eigenvalue weighted by Gasteiger charge is -2.30. The molecule has 0 amide bonds. The van der Waals surface area contributed by atoms with E-state index < -0.39 is 10.0 Å². The zero-order valence-electron chi connectivity index (χ0n) is 15.1. The maximum atomic E-state index is 13.5. The quantitative estimate of drug-likeness (QED) is 0.485. The van der Waals surface area contributed by atoms with E-state index in [0.717, 1.165) is 26.2 Å². The second kappa shape index (κ2) is 6.95. The summed E-state index contributed by atoms with van der Waals surface area (Å²) in [7, 11) is -3.72. The molecule has 3 heterocycles. The van der Waals surface area contributed by atoms with Crippen LogP contribution in [0.1, 0.15) is 4.88 Å². The van der Waals surface area contributed by atoms with Crippen molar-refractivity contribution >= 4 is 49.7 Å². The standard InChI is InChI=1S/C21H15N3O2S3/c22-13-16-6-8-19(28-16)15-5-7-20-18(11-15)24(9-10-27-20)29(25,26)21-12-14-3-1-2-4-17(14)23-21/h1-8,11-12,23H,9-10H2. The molecular weight excluding hydrogens is 422 g/mol. The van der Waals surface area contributed by atoms with Gasteiger partial charge in [-0.2, -0.15) is 13.7 Å². The number of nitriles is 1. The highest BCUT2D eigenvalue weighted by Gasteiger charge is 2.31. The lowest BCUT2D eigenvalue weighted by molar-refractivity contribution is 0.588. The molecule has 0 fully saturated rings. The number of hydrogen-bond acceptors (Lipinski definition) is 5. The average molecular weight is 438 g/mol. The Morgan fingerprint density at radius 2 is 1.93 bits per heavy atom. The molecule has 1 aliphatic heterocycles. The summed E-state index contributed by atoms with van der Waals surface area (Å²) in [6, 6.07) is 20.9. The van der Waals surface area contributed by atoms with Crippen LogP contribution in [0.3, 0.4) is 0 Å². The van der Waals surface area contributed by atoms with Crippen LogP contribution in [-0.4, -0.2) is 25.7 Å². The first-order valence-corrected chi connectivity index (χ1v) is 12.2. The molecule has 8 heteroatoms. The van der Waals surface area contributed by atoms with E-state index in [4.69, 9.17) is 5.26 Å². The molecule has 0 unspecified atom stereocenters. The van der Waals surface area contributed by atoms with Crippen molar-refractivity contribution in [1.82, 2.24) is 4.98 Å². The normalized spacial score (nSPS) is 14.0. The summed E-state index contributed by atoms with van der Waals surface area (Å²) in [5, 5.41) is 10.2. The first-order chi connectivity index (χ1) is 14.1. The summed E-state index contributed by atoms with van der Waals surface area (Å²) >= 11 is 3.06. The molecule has 0 saturated carbocycles. The molecule has 4 aromatic rings. The van der Waals surface area contributed by atoms with Gasteiger partial charge < -0.3 is 4.98 Å². The second-order valence-electron chi connectivity index (χ2n) is 6.60. The Labute approximate surface area is 176 Å². The molecule has 0 radical (unpaired) electrons. The van der Waals surface area contributed by atoms with E-state index in [1.54, 1.807) is 23.9 Å². The van der Waals surface area contributed by atoms with E-state index in [-0.39, 0.29) is 5.03 Å². The summed E-state index contributed by atoms with van der Waals surface area (Å²) in [5.74, 6) is 0.698. The van der Waals surface area contributed by atoms with E-state index in [2.05, 4.69) is 11.1 Å². The number of para-hydroxylation sites is 1. The number of H-pyrrole nitrogens is 1. The fourth-order valence-electron chi connectivity index (χ4n) is 3.45. The molecular formula is C21H15N3O2S3. The molecule has 0 bridgehead atoms. The predicted octanol–water partition coefficient (Wildman–Crippen LogP) is 5.07. The number of aromatic amines is 1. The van der Waals surface area contributed by atoms with Crippen LogP contribution >= 0.6 is 23.1 Å². The summed E-state index contributed by atoms with van der Waals surface area (Å²) in [5.41, 5.74) is 2.40. The number of nitrogens with zero attached hydrogens (tertiary/aromatic N) is 2. The van der Waals surface area contributed by atoms with Crippen molar-refractivity contribution in [2.75, 3.05) is 16.6 Å². The minimum absolute atomic E-state index is 0.199. The van der Waals surface area contributed by atoms with Gasteiger partial charge in [0, 0.05) is 33.0 Å². The zero-order chi connectivity index (χ0) is 20.0.